The van der Waals surface area contributed by atoms with Gasteiger partial charge in [-0.3, -0.25) is 19.6 Å². The van der Waals surface area contributed by atoms with E-state index in [1.165, 1.54) is 22.7 Å². The van der Waals surface area contributed by atoms with Crippen LogP contribution < -0.4 is 10.6 Å². The highest BCUT2D eigenvalue weighted by atomic mass is 32.2. The molecule has 0 radical (unpaired) electrons. The summed E-state index contributed by atoms with van der Waals surface area (Å²) in [5.41, 5.74) is 10.5. The number of aromatic nitrogens is 2. The van der Waals surface area contributed by atoms with Crippen molar-refractivity contribution in [1.82, 2.24) is 9.13 Å². The van der Waals surface area contributed by atoms with Crippen molar-refractivity contribution >= 4 is 71.9 Å². The lowest BCUT2D eigenvalue weighted by molar-refractivity contribution is -0.119. The number of nitrogens with one attached hydrogen (secondary N) is 1. The van der Waals surface area contributed by atoms with E-state index in [0.717, 1.165) is 58.2 Å². The van der Waals surface area contributed by atoms with Crippen molar-refractivity contribution in [2.75, 3.05) is 16.9 Å². The first-order chi connectivity index (χ1) is 18.9. The summed E-state index contributed by atoms with van der Waals surface area (Å²) in [5.74, 6) is 0.471. The van der Waals surface area contributed by atoms with E-state index in [9.17, 15) is 18.0 Å². The molecule has 0 spiro atoms. The molecule has 0 bridgehead atoms. The first kappa shape index (κ1) is 27.7. The van der Waals surface area contributed by atoms with Crippen molar-refractivity contribution < 1.29 is 22.6 Å². The van der Waals surface area contributed by atoms with E-state index in [4.69, 9.17) is 15.7 Å². The van der Waals surface area contributed by atoms with Gasteiger partial charge >= 0.3 is 0 Å². The second kappa shape index (κ2) is 10.6. The zero-order valence-electron chi connectivity index (χ0n) is 22.0. The fourth-order valence-corrected chi connectivity index (χ4v) is 6.22. The number of amides is 2. The number of thioether (sulfide) groups is 1. The van der Waals surface area contributed by atoms with Gasteiger partial charge in [-0.05, 0) is 30.9 Å². The molecule has 2 amide bonds. The fraction of sp³-hybridized carbons (Fsp3) is 0.250. The maximum absolute atomic E-state index is 13.9. The number of carbonyl (C=O) groups excluding carboxylic acids is 2. The monoisotopic (exact) mass is 579 g/mol. The highest BCUT2D eigenvalue weighted by Gasteiger charge is 2.39. The molecule has 4 N–H and O–H groups in total. The Kier molecular flexibility index (Phi) is 7.34. The smallest absolute Gasteiger partial charge is 0.266 e. The maximum atomic E-state index is 13.9. The minimum Gasteiger partial charge on any atom is -0.379 e. The topological polar surface area (TPSA) is 151 Å². The number of nitrogens with zero attached hydrogens (tertiary/aromatic N) is 3. The predicted octanol–water partition coefficient (Wildman–Crippen LogP) is 3.78. The van der Waals surface area contributed by atoms with Crippen LogP contribution in [-0.2, 0) is 39.7 Å². The van der Waals surface area contributed by atoms with E-state index in [2.05, 4.69) is 10.6 Å². The van der Waals surface area contributed by atoms with Crippen molar-refractivity contribution in [3.8, 4) is 0 Å². The molecule has 0 saturated carbocycles. The number of para-hydroxylation sites is 2. The van der Waals surface area contributed by atoms with E-state index >= 15 is 0 Å². The number of rotatable bonds is 4. The Morgan fingerprint density at radius 1 is 1.10 bits per heavy atom. The molecule has 2 aromatic heterocycles. The van der Waals surface area contributed by atoms with E-state index in [1.54, 1.807) is 0 Å². The number of carbonyl (C=O) groups is 2. The third-order valence-electron chi connectivity index (χ3n) is 7.10. The van der Waals surface area contributed by atoms with Gasteiger partial charge < -0.3 is 14.9 Å². The second-order valence-electron chi connectivity index (χ2n) is 9.94. The van der Waals surface area contributed by atoms with Gasteiger partial charge in [-0.15, -0.1) is 0 Å². The molecule has 1 unspecified atom stereocenters. The molecule has 40 heavy (non-hydrogen) atoms. The molecule has 0 saturated heterocycles. The summed E-state index contributed by atoms with van der Waals surface area (Å²) in [7, 11) is -1.72. The minimum atomic E-state index is -3.67. The number of fused-ring (bicyclic) bond motifs is 4. The molecule has 6 rings (SSSR count). The zero-order valence-corrected chi connectivity index (χ0v) is 23.6. The van der Waals surface area contributed by atoms with Crippen LogP contribution in [0.25, 0.3) is 27.4 Å². The van der Waals surface area contributed by atoms with Gasteiger partial charge in [-0.2, -0.15) is 8.42 Å². The molecule has 208 valence electrons. The van der Waals surface area contributed by atoms with Crippen LogP contribution in [0.4, 0.5) is 5.69 Å². The first-order valence-electron chi connectivity index (χ1n) is 12.6. The SMILES string of the molecule is CS(=O)(=O)O.Cn1cc(C2=CC(=O)N(c3c4n(c5ccccc35)CCC(CSC(=N)N)C4)C2=O)c2ccccc21. The van der Waals surface area contributed by atoms with Crippen LogP contribution in [0.2, 0.25) is 0 Å². The van der Waals surface area contributed by atoms with Crippen LogP contribution in [0.15, 0.2) is 60.8 Å². The highest BCUT2D eigenvalue weighted by molar-refractivity contribution is 8.13. The molecular formula is C28H29N5O5S2. The molecule has 2 aromatic carbocycles. The van der Waals surface area contributed by atoms with Crippen LogP contribution in [0, 0.1) is 11.3 Å². The van der Waals surface area contributed by atoms with Gasteiger partial charge in [0.25, 0.3) is 21.9 Å². The number of nitrogens with two attached hydrogens (primary N) is 1. The molecular weight excluding hydrogens is 550 g/mol. The third kappa shape index (κ3) is 5.29. The van der Waals surface area contributed by atoms with Crippen molar-refractivity contribution in [2.24, 2.45) is 18.7 Å². The Morgan fingerprint density at radius 2 is 1.73 bits per heavy atom. The van der Waals surface area contributed by atoms with Gasteiger partial charge in [0.2, 0.25) is 0 Å². The molecule has 2 aliphatic heterocycles. The molecule has 0 aliphatic carbocycles. The Balaban J connectivity index is 0.000000595. The van der Waals surface area contributed by atoms with Gasteiger partial charge in [0.05, 0.1) is 23.0 Å². The lowest BCUT2D eigenvalue weighted by atomic mass is 9.97. The molecule has 2 aliphatic rings. The Bertz CT molecular complexity index is 1810. The lowest BCUT2D eigenvalue weighted by Crippen LogP contribution is -2.32. The van der Waals surface area contributed by atoms with Crippen LogP contribution in [0.1, 0.15) is 17.7 Å². The van der Waals surface area contributed by atoms with E-state index < -0.39 is 10.1 Å². The molecule has 4 aromatic rings. The van der Waals surface area contributed by atoms with Gasteiger partial charge in [-0.25, -0.2) is 4.90 Å². The number of hydrogen-bond donors (Lipinski definition) is 3. The van der Waals surface area contributed by atoms with Crippen molar-refractivity contribution in [3.05, 3.63) is 72.1 Å². The minimum absolute atomic E-state index is 0.116. The lowest BCUT2D eigenvalue weighted by Gasteiger charge is -2.27. The number of benzene rings is 2. The van der Waals surface area contributed by atoms with Gasteiger partial charge in [-0.1, -0.05) is 48.2 Å². The standard InChI is InChI=1S/C27H25N5O2S.CH4O3S/c1-30-14-20(17-6-2-4-8-21(17)30)19-13-24(33)32(26(19)34)25-18-7-3-5-9-22(18)31-11-10-16(12-23(25)31)15-35-27(28)29;1-5(2,3)4/h2-9,13-14,16H,10-12,15H2,1H3,(H3,28,29);1H3,(H,2,3,4). The second-order valence-corrected chi connectivity index (χ2v) is 12.5. The quantitative estimate of drug-likeness (QED) is 0.144. The third-order valence-corrected chi connectivity index (χ3v) is 8.05. The molecule has 0 fully saturated rings. The molecule has 1 atom stereocenters. The molecule has 10 nitrogen and oxygen atoms in total. The Hall–Kier alpha value is -3.87. The van der Waals surface area contributed by atoms with E-state index in [-0.39, 0.29) is 17.0 Å². The predicted molar refractivity (Wildman–Crippen MR) is 159 cm³/mol. The van der Waals surface area contributed by atoms with Crippen LogP contribution in [0.3, 0.4) is 0 Å². The summed E-state index contributed by atoms with van der Waals surface area (Å²) in [6, 6.07) is 15.9. The Morgan fingerprint density at radius 3 is 2.40 bits per heavy atom. The summed E-state index contributed by atoms with van der Waals surface area (Å²) in [6.07, 6.45) is 5.81. The zero-order chi connectivity index (χ0) is 28.8. The van der Waals surface area contributed by atoms with Crippen molar-refractivity contribution in [1.29, 1.82) is 5.41 Å². The number of amidine groups is 1. The summed E-state index contributed by atoms with van der Waals surface area (Å²) in [4.78, 5) is 28.6. The first-order valence-corrected chi connectivity index (χ1v) is 15.4. The average molecular weight is 580 g/mol. The van der Waals surface area contributed by atoms with Gasteiger partial charge in [0, 0.05) is 59.2 Å². The highest BCUT2D eigenvalue weighted by Crippen LogP contribution is 2.42. The van der Waals surface area contributed by atoms with Crippen LogP contribution in [0.5, 0.6) is 0 Å². The molecule has 4 heterocycles. The summed E-state index contributed by atoms with van der Waals surface area (Å²) in [6.45, 7) is 0.804. The van der Waals surface area contributed by atoms with Gasteiger partial charge in [0.15, 0.2) is 5.17 Å². The normalized spacial score (nSPS) is 17.1. The van der Waals surface area contributed by atoms with E-state index in [0.29, 0.717) is 23.4 Å². The number of imide groups is 1. The number of aryl methyl sites for hydroxylation is 2. The maximum Gasteiger partial charge on any atom is 0.266 e. The molecule has 12 heteroatoms. The largest absolute Gasteiger partial charge is 0.379 e. The van der Waals surface area contributed by atoms with Crippen LogP contribution >= 0.6 is 11.8 Å². The summed E-state index contributed by atoms with van der Waals surface area (Å²) in [5, 5.41) is 9.55. The summed E-state index contributed by atoms with van der Waals surface area (Å²) >= 11 is 1.35. The van der Waals surface area contributed by atoms with Gasteiger partial charge in [0.1, 0.15) is 0 Å². The van der Waals surface area contributed by atoms with E-state index in [1.807, 2.05) is 60.3 Å². The number of hydrogen-bond acceptors (Lipinski definition) is 6. The average Bonchev–Trinajstić information content (AvgIpc) is 3.50. The number of anilines is 1. The van der Waals surface area contributed by atoms with Crippen molar-refractivity contribution in [2.45, 2.75) is 19.4 Å². The van der Waals surface area contributed by atoms with Crippen LogP contribution in [-0.4, -0.2) is 51.1 Å². The summed E-state index contributed by atoms with van der Waals surface area (Å²) < 4.78 is 30.1. The fourth-order valence-electron chi connectivity index (χ4n) is 5.52. The van der Waals surface area contributed by atoms with Crippen molar-refractivity contribution in [3.63, 3.8) is 0 Å². The Labute approximate surface area is 235 Å².